The average molecular weight is 239 g/mol. The van der Waals surface area contributed by atoms with Crippen molar-refractivity contribution in [3.8, 4) is 0 Å². The minimum atomic E-state index is -2.37. The predicted octanol–water partition coefficient (Wildman–Crippen LogP) is 4.00. The summed E-state index contributed by atoms with van der Waals surface area (Å²) in [6, 6.07) is 5.79. The summed E-state index contributed by atoms with van der Waals surface area (Å²) in [7, 11) is 0. The first-order chi connectivity index (χ1) is 8.22. The summed E-state index contributed by atoms with van der Waals surface area (Å²) >= 11 is 0. The minimum absolute atomic E-state index is 0.206. The molecule has 1 saturated heterocycles. The Bertz CT molecular complexity index is 370. The molecule has 0 spiro atoms. The first-order valence-corrected chi connectivity index (χ1v) is 6.36. The van der Waals surface area contributed by atoms with Crippen molar-refractivity contribution < 1.29 is 8.78 Å². The van der Waals surface area contributed by atoms with E-state index < -0.39 is 6.43 Å². The number of piperidine rings is 1. The molecule has 0 amide bonds. The maximum absolute atomic E-state index is 12.9. The Morgan fingerprint density at radius 2 is 2.18 bits per heavy atom. The molecule has 0 bridgehead atoms. The molecule has 1 aromatic carbocycles. The lowest BCUT2D eigenvalue weighted by atomic mass is 9.93. The van der Waals surface area contributed by atoms with Gasteiger partial charge in [0.1, 0.15) is 0 Å². The van der Waals surface area contributed by atoms with Crippen molar-refractivity contribution >= 4 is 0 Å². The van der Waals surface area contributed by atoms with Crippen LogP contribution in [0.3, 0.4) is 0 Å². The monoisotopic (exact) mass is 239 g/mol. The highest BCUT2D eigenvalue weighted by atomic mass is 19.3. The Hall–Kier alpha value is -0.960. The summed E-state index contributed by atoms with van der Waals surface area (Å²) < 4.78 is 25.9. The van der Waals surface area contributed by atoms with Crippen LogP contribution in [0, 0.1) is 0 Å². The lowest BCUT2D eigenvalue weighted by Gasteiger charge is -2.24. The molecule has 1 aromatic rings. The van der Waals surface area contributed by atoms with Crippen LogP contribution in [0.4, 0.5) is 8.78 Å². The summed E-state index contributed by atoms with van der Waals surface area (Å²) in [5.74, 6) is 0. The number of aryl methyl sites for hydroxylation is 1. The van der Waals surface area contributed by atoms with Crippen LogP contribution in [0.2, 0.25) is 0 Å². The Kier molecular flexibility index (Phi) is 4.11. The smallest absolute Gasteiger partial charge is 0.264 e. The van der Waals surface area contributed by atoms with E-state index in [1.165, 1.54) is 12.8 Å². The highest BCUT2D eigenvalue weighted by molar-refractivity contribution is 5.34. The molecule has 3 heteroatoms. The Balaban J connectivity index is 2.26. The third-order valence-electron chi connectivity index (χ3n) is 3.50. The largest absolute Gasteiger partial charge is 0.310 e. The number of hydrogen-bond donors (Lipinski definition) is 1. The van der Waals surface area contributed by atoms with Crippen LogP contribution in [-0.4, -0.2) is 6.54 Å². The quantitative estimate of drug-likeness (QED) is 0.840. The predicted molar refractivity (Wildman–Crippen MR) is 65.4 cm³/mol. The number of nitrogens with one attached hydrogen (secondary N) is 1. The van der Waals surface area contributed by atoms with Crippen LogP contribution in [0.15, 0.2) is 18.2 Å². The molecule has 0 aromatic heterocycles. The maximum atomic E-state index is 12.9. The molecule has 0 radical (unpaired) electrons. The molecule has 0 aliphatic carbocycles. The number of alkyl halides is 2. The van der Waals surface area contributed by atoms with E-state index in [4.69, 9.17) is 0 Å². The van der Waals surface area contributed by atoms with Crippen molar-refractivity contribution in [2.45, 2.75) is 45.1 Å². The maximum Gasteiger partial charge on any atom is 0.264 e. The molecule has 1 N–H and O–H groups in total. The second kappa shape index (κ2) is 5.58. The first-order valence-electron chi connectivity index (χ1n) is 6.36. The van der Waals surface area contributed by atoms with Crippen molar-refractivity contribution in [3.05, 3.63) is 34.9 Å². The van der Waals surface area contributed by atoms with Crippen LogP contribution in [-0.2, 0) is 6.42 Å². The lowest BCUT2D eigenvalue weighted by Crippen LogP contribution is -2.26. The number of rotatable bonds is 3. The van der Waals surface area contributed by atoms with Crippen molar-refractivity contribution in [1.82, 2.24) is 5.32 Å². The van der Waals surface area contributed by atoms with Gasteiger partial charge in [0.2, 0.25) is 0 Å². The van der Waals surface area contributed by atoms with Gasteiger partial charge in [0.15, 0.2) is 0 Å². The molecule has 1 aliphatic heterocycles. The summed E-state index contributed by atoms with van der Waals surface area (Å²) in [6.07, 6.45) is 1.71. The fourth-order valence-corrected chi connectivity index (χ4v) is 2.49. The fourth-order valence-electron chi connectivity index (χ4n) is 2.49. The summed E-state index contributed by atoms with van der Waals surface area (Å²) in [4.78, 5) is 0. The fraction of sp³-hybridized carbons (Fsp3) is 0.571. The second-order valence-corrected chi connectivity index (χ2v) is 4.61. The third-order valence-corrected chi connectivity index (χ3v) is 3.50. The zero-order chi connectivity index (χ0) is 12.3. The van der Waals surface area contributed by atoms with Gasteiger partial charge in [-0.05, 0) is 43.0 Å². The molecule has 1 heterocycles. The van der Waals surface area contributed by atoms with E-state index >= 15 is 0 Å². The van der Waals surface area contributed by atoms with E-state index in [-0.39, 0.29) is 11.6 Å². The lowest BCUT2D eigenvalue weighted by molar-refractivity contribution is 0.150. The third kappa shape index (κ3) is 2.83. The summed E-state index contributed by atoms with van der Waals surface area (Å²) in [5, 5.41) is 3.39. The Labute approximate surface area is 101 Å². The van der Waals surface area contributed by atoms with Gasteiger partial charge in [-0.15, -0.1) is 0 Å². The molecule has 17 heavy (non-hydrogen) atoms. The van der Waals surface area contributed by atoms with Gasteiger partial charge in [0.05, 0.1) is 0 Å². The van der Waals surface area contributed by atoms with Crippen LogP contribution >= 0.6 is 0 Å². The highest BCUT2D eigenvalue weighted by Crippen LogP contribution is 2.29. The molecule has 1 nitrogen and oxygen atoms in total. The standard InChI is InChI=1S/C14H19F2N/c1-2-10-6-7-11(9-12(10)14(15)16)13-5-3-4-8-17-13/h6-7,9,13-14,17H,2-5,8H2,1H3. The van der Waals surface area contributed by atoms with Crippen molar-refractivity contribution in [2.24, 2.45) is 0 Å². The minimum Gasteiger partial charge on any atom is -0.310 e. The molecule has 1 atom stereocenters. The molecule has 1 unspecified atom stereocenters. The molecular weight excluding hydrogens is 220 g/mol. The molecule has 2 rings (SSSR count). The molecule has 94 valence electrons. The van der Waals surface area contributed by atoms with Gasteiger partial charge in [-0.2, -0.15) is 0 Å². The van der Waals surface area contributed by atoms with E-state index in [0.29, 0.717) is 6.42 Å². The van der Waals surface area contributed by atoms with E-state index in [0.717, 1.165) is 24.1 Å². The average Bonchev–Trinajstić information content (AvgIpc) is 2.39. The van der Waals surface area contributed by atoms with Crippen molar-refractivity contribution in [3.63, 3.8) is 0 Å². The van der Waals surface area contributed by atoms with E-state index in [2.05, 4.69) is 5.32 Å². The van der Waals surface area contributed by atoms with Crippen molar-refractivity contribution in [2.75, 3.05) is 6.54 Å². The summed E-state index contributed by atoms with van der Waals surface area (Å²) in [6.45, 7) is 2.91. The first kappa shape index (κ1) is 12.5. The molecular formula is C14H19F2N. The molecule has 0 saturated carbocycles. The molecule has 1 aliphatic rings. The Morgan fingerprint density at radius 3 is 2.76 bits per heavy atom. The van der Waals surface area contributed by atoms with Gasteiger partial charge >= 0.3 is 0 Å². The van der Waals surface area contributed by atoms with Gasteiger partial charge < -0.3 is 5.32 Å². The SMILES string of the molecule is CCc1ccc(C2CCCCN2)cc1C(F)F. The van der Waals surface area contributed by atoms with Gasteiger partial charge in [-0.1, -0.05) is 25.5 Å². The van der Waals surface area contributed by atoms with Crippen LogP contribution in [0.25, 0.3) is 0 Å². The van der Waals surface area contributed by atoms with Crippen molar-refractivity contribution in [1.29, 1.82) is 0 Å². The number of halogens is 2. The summed E-state index contributed by atoms with van der Waals surface area (Å²) in [5.41, 5.74) is 1.98. The Morgan fingerprint density at radius 1 is 1.35 bits per heavy atom. The van der Waals surface area contributed by atoms with Crippen LogP contribution in [0.1, 0.15) is 55.3 Å². The molecule has 1 fully saturated rings. The zero-order valence-electron chi connectivity index (χ0n) is 10.2. The van der Waals surface area contributed by atoms with E-state index in [1.807, 2.05) is 19.1 Å². The second-order valence-electron chi connectivity index (χ2n) is 4.61. The van der Waals surface area contributed by atoms with E-state index in [9.17, 15) is 8.78 Å². The zero-order valence-corrected chi connectivity index (χ0v) is 10.2. The number of hydrogen-bond acceptors (Lipinski definition) is 1. The topological polar surface area (TPSA) is 12.0 Å². The van der Waals surface area contributed by atoms with E-state index in [1.54, 1.807) is 6.07 Å². The highest BCUT2D eigenvalue weighted by Gasteiger charge is 2.18. The van der Waals surface area contributed by atoms with Gasteiger partial charge in [-0.25, -0.2) is 8.78 Å². The van der Waals surface area contributed by atoms with Gasteiger partial charge in [0.25, 0.3) is 6.43 Å². The van der Waals surface area contributed by atoms with Gasteiger partial charge in [0, 0.05) is 11.6 Å². The van der Waals surface area contributed by atoms with Crippen LogP contribution in [0.5, 0.6) is 0 Å². The number of benzene rings is 1. The van der Waals surface area contributed by atoms with Crippen LogP contribution < -0.4 is 5.32 Å². The normalized spacial score (nSPS) is 20.8. The van der Waals surface area contributed by atoms with Gasteiger partial charge in [-0.3, -0.25) is 0 Å².